The zero-order valence-electron chi connectivity index (χ0n) is 26.7. The first-order valence-electron chi connectivity index (χ1n) is 14.2. The fourth-order valence-corrected chi connectivity index (χ4v) is 3.48. The molecule has 0 aliphatic carbocycles. The molecule has 0 aliphatic rings. The average Bonchev–Trinajstić information content (AvgIpc) is 3.00. The van der Waals surface area contributed by atoms with Crippen LogP contribution in [0, 0.1) is 11.2 Å². The standard InChI is InChI=1S/C27H33FN4O3.2C2HF3O2/c1-5-14-34-25-9-7-8-20(31-25)17-32(21-12-10-19(11-13-21)27(29)30)23-15-22(33-6-2)16-24(26(23)28)35-18(3)4;2*3-2(4,5)1(6)7/h7-13,15-16,18H,5-6,14,17H2,1-4H3,(H3,29,30);2*(H,6,7). The molecular weight excluding hydrogens is 673 g/mol. The zero-order chi connectivity index (χ0) is 37.5. The second kappa shape index (κ2) is 18.9. The van der Waals surface area contributed by atoms with Crippen molar-refractivity contribution in [1.29, 1.82) is 5.41 Å². The monoisotopic (exact) mass is 708 g/mol. The van der Waals surface area contributed by atoms with Gasteiger partial charge in [0.15, 0.2) is 11.6 Å². The Kier molecular flexibility index (Phi) is 16.1. The Balaban J connectivity index is 0.000000717. The van der Waals surface area contributed by atoms with Crippen molar-refractivity contribution >= 4 is 29.1 Å². The molecule has 3 aromatic rings. The molecule has 0 atom stereocenters. The molecule has 0 fully saturated rings. The van der Waals surface area contributed by atoms with Crippen molar-refractivity contribution in [2.75, 3.05) is 18.1 Å². The van der Waals surface area contributed by atoms with Crippen LogP contribution in [-0.4, -0.2) is 64.6 Å². The van der Waals surface area contributed by atoms with E-state index in [2.05, 4.69) is 4.98 Å². The number of aromatic nitrogens is 1. The molecule has 1 heterocycles. The highest BCUT2D eigenvalue weighted by Crippen LogP contribution is 2.38. The fraction of sp³-hybridized carbons (Fsp3) is 0.355. The summed E-state index contributed by atoms with van der Waals surface area (Å²) in [5, 5.41) is 21.9. The first-order chi connectivity index (χ1) is 22.7. The van der Waals surface area contributed by atoms with E-state index in [0.717, 1.165) is 6.42 Å². The predicted molar refractivity (Wildman–Crippen MR) is 164 cm³/mol. The number of nitrogens with two attached hydrogens (primary N) is 1. The van der Waals surface area contributed by atoms with E-state index >= 15 is 4.39 Å². The lowest BCUT2D eigenvalue weighted by Gasteiger charge is -2.27. The summed E-state index contributed by atoms with van der Waals surface area (Å²) in [5.74, 6) is -4.93. The van der Waals surface area contributed by atoms with E-state index in [9.17, 15) is 26.3 Å². The van der Waals surface area contributed by atoms with Gasteiger partial charge in [-0.25, -0.2) is 19.0 Å². The zero-order valence-corrected chi connectivity index (χ0v) is 26.7. The van der Waals surface area contributed by atoms with Gasteiger partial charge in [0.1, 0.15) is 11.6 Å². The summed E-state index contributed by atoms with van der Waals surface area (Å²) >= 11 is 0. The molecule has 0 amide bonds. The van der Waals surface area contributed by atoms with E-state index in [-0.39, 0.29) is 29.9 Å². The number of alkyl halides is 6. The van der Waals surface area contributed by atoms with Crippen molar-refractivity contribution in [2.45, 2.75) is 59.1 Å². The molecule has 0 aliphatic heterocycles. The number of carbonyl (C=O) groups is 2. The van der Waals surface area contributed by atoms with Gasteiger partial charge in [0, 0.05) is 29.4 Å². The van der Waals surface area contributed by atoms with Gasteiger partial charge in [-0.2, -0.15) is 26.3 Å². The van der Waals surface area contributed by atoms with E-state index in [1.807, 2.05) is 39.8 Å². The van der Waals surface area contributed by atoms with E-state index < -0.39 is 30.1 Å². The van der Waals surface area contributed by atoms with Gasteiger partial charge < -0.3 is 35.1 Å². The second-order valence-electron chi connectivity index (χ2n) is 9.82. The maximum atomic E-state index is 15.8. The number of hydrogen-bond donors (Lipinski definition) is 4. The van der Waals surface area contributed by atoms with Crippen molar-refractivity contribution in [3.8, 4) is 17.4 Å². The molecule has 11 nitrogen and oxygen atoms in total. The van der Waals surface area contributed by atoms with Crippen molar-refractivity contribution in [3.63, 3.8) is 0 Å². The van der Waals surface area contributed by atoms with Crippen LogP contribution in [0.5, 0.6) is 17.4 Å². The van der Waals surface area contributed by atoms with Crippen LogP contribution in [-0.2, 0) is 16.1 Å². The summed E-state index contributed by atoms with van der Waals surface area (Å²) in [5.41, 5.74) is 7.88. The van der Waals surface area contributed by atoms with Crippen LogP contribution in [0.2, 0.25) is 0 Å². The number of nitrogens with one attached hydrogen (secondary N) is 1. The van der Waals surface area contributed by atoms with Crippen LogP contribution < -0.4 is 24.8 Å². The molecule has 0 saturated heterocycles. The Hall–Kier alpha value is -5.29. The number of pyridine rings is 1. The molecule has 3 rings (SSSR count). The summed E-state index contributed by atoms with van der Waals surface area (Å²) in [7, 11) is 0. The first kappa shape index (κ1) is 41.7. The molecule has 270 valence electrons. The lowest BCUT2D eigenvalue weighted by molar-refractivity contribution is -0.193. The van der Waals surface area contributed by atoms with Gasteiger partial charge in [-0.15, -0.1) is 0 Å². The van der Waals surface area contributed by atoms with Crippen LogP contribution >= 0.6 is 0 Å². The Morgan fingerprint density at radius 2 is 1.49 bits per heavy atom. The number of amidine groups is 1. The lowest BCUT2D eigenvalue weighted by atomic mass is 10.1. The number of nitrogen functional groups attached to an aromatic ring is 1. The molecule has 2 aromatic carbocycles. The first-order valence-corrected chi connectivity index (χ1v) is 14.2. The summed E-state index contributed by atoms with van der Waals surface area (Å²) in [6.07, 6.45) is -9.51. The van der Waals surface area contributed by atoms with Gasteiger partial charge in [0.25, 0.3) is 0 Å². The normalized spacial score (nSPS) is 10.9. The number of nitrogens with zero attached hydrogens (tertiary/aromatic N) is 2. The molecule has 18 heteroatoms. The minimum Gasteiger partial charge on any atom is -0.494 e. The van der Waals surface area contributed by atoms with Crippen LogP contribution in [0.25, 0.3) is 0 Å². The van der Waals surface area contributed by atoms with Crippen LogP contribution in [0.4, 0.5) is 42.1 Å². The highest BCUT2D eigenvalue weighted by atomic mass is 19.4. The van der Waals surface area contributed by atoms with Crippen LogP contribution in [0.15, 0.2) is 54.6 Å². The molecule has 5 N–H and O–H groups in total. The highest BCUT2D eigenvalue weighted by molar-refractivity contribution is 5.95. The summed E-state index contributed by atoms with van der Waals surface area (Å²) in [4.78, 5) is 24.2. The van der Waals surface area contributed by atoms with Gasteiger partial charge in [-0.3, -0.25) is 5.41 Å². The molecule has 0 spiro atoms. The van der Waals surface area contributed by atoms with Gasteiger partial charge in [-0.1, -0.05) is 13.0 Å². The predicted octanol–water partition coefficient (Wildman–Crippen LogP) is 7.08. The SMILES string of the molecule is CCCOc1cccc(CN(c2ccc(C(=N)N)cc2)c2cc(OCC)cc(OC(C)C)c2F)n1.O=C(O)C(F)(F)F.O=C(O)C(F)(F)F. The van der Waals surface area contributed by atoms with Gasteiger partial charge in [0.2, 0.25) is 5.88 Å². The van der Waals surface area contributed by atoms with Crippen LogP contribution in [0.3, 0.4) is 0 Å². The van der Waals surface area contributed by atoms with Crippen molar-refractivity contribution < 1.29 is 64.7 Å². The number of benzene rings is 2. The largest absolute Gasteiger partial charge is 0.494 e. The number of anilines is 2. The number of hydrogen-bond acceptors (Lipinski definition) is 8. The van der Waals surface area contributed by atoms with E-state index in [0.29, 0.717) is 41.8 Å². The van der Waals surface area contributed by atoms with Crippen molar-refractivity contribution in [3.05, 3.63) is 71.7 Å². The van der Waals surface area contributed by atoms with E-state index in [1.54, 1.807) is 47.4 Å². The van der Waals surface area contributed by atoms with Gasteiger partial charge in [0.05, 0.1) is 37.2 Å². The lowest BCUT2D eigenvalue weighted by Crippen LogP contribution is -2.21. The molecule has 1 aromatic heterocycles. The Labute approximate surface area is 276 Å². The summed E-state index contributed by atoms with van der Waals surface area (Å²) < 4.78 is 96.5. The Bertz CT molecular complexity index is 1510. The molecule has 0 saturated carbocycles. The molecule has 0 unspecified atom stereocenters. The van der Waals surface area contributed by atoms with Crippen LogP contribution in [0.1, 0.15) is 45.4 Å². The number of rotatable bonds is 12. The number of carboxylic acids is 2. The Morgan fingerprint density at radius 1 is 0.939 bits per heavy atom. The molecule has 0 bridgehead atoms. The number of halogens is 7. The molecular formula is C31H35F7N4O7. The number of aliphatic carboxylic acids is 2. The number of carboxylic acid groups (broad SMARTS) is 2. The third-order valence-electron chi connectivity index (χ3n) is 5.49. The van der Waals surface area contributed by atoms with Gasteiger partial charge >= 0.3 is 24.3 Å². The average molecular weight is 709 g/mol. The van der Waals surface area contributed by atoms with Gasteiger partial charge in [-0.05, 0) is 57.5 Å². The summed E-state index contributed by atoms with van der Waals surface area (Å²) in [6, 6.07) is 15.8. The highest BCUT2D eigenvalue weighted by Gasteiger charge is 2.38. The van der Waals surface area contributed by atoms with Crippen molar-refractivity contribution in [1.82, 2.24) is 4.98 Å². The van der Waals surface area contributed by atoms with Crippen molar-refractivity contribution in [2.24, 2.45) is 5.73 Å². The second-order valence-corrected chi connectivity index (χ2v) is 9.82. The fourth-order valence-electron chi connectivity index (χ4n) is 3.48. The third kappa shape index (κ3) is 14.6. The smallest absolute Gasteiger partial charge is 0.490 e. The minimum absolute atomic E-state index is 0.0392. The summed E-state index contributed by atoms with van der Waals surface area (Å²) in [6.45, 7) is 8.84. The van der Waals surface area contributed by atoms with E-state index in [4.69, 9.17) is 45.2 Å². The molecule has 49 heavy (non-hydrogen) atoms. The third-order valence-corrected chi connectivity index (χ3v) is 5.49. The maximum absolute atomic E-state index is 15.8. The number of ether oxygens (including phenoxy) is 3. The maximum Gasteiger partial charge on any atom is 0.490 e. The molecule has 0 radical (unpaired) electrons. The topological polar surface area (TPSA) is 168 Å². The minimum atomic E-state index is -5.08. The quantitative estimate of drug-likeness (QED) is 0.0867. The Morgan fingerprint density at radius 3 is 1.94 bits per heavy atom. The van der Waals surface area contributed by atoms with E-state index in [1.165, 1.54) is 0 Å².